The van der Waals surface area contributed by atoms with Gasteiger partial charge in [-0.3, -0.25) is 4.98 Å². The first-order valence-corrected chi connectivity index (χ1v) is 7.29. The summed E-state index contributed by atoms with van der Waals surface area (Å²) in [4.78, 5) is 16.0. The van der Waals surface area contributed by atoms with E-state index in [9.17, 15) is 4.79 Å². The quantitative estimate of drug-likeness (QED) is 0.860. The van der Waals surface area contributed by atoms with E-state index in [-0.39, 0.29) is 12.1 Å². The Morgan fingerprint density at radius 3 is 2.82 bits per heavy atom. The van der Waals surface area contributed by atoms with Crippen molar-refractivity contribution in [1.29, 1.82) is 0 Å². The van der Waals surface area contributed by atoms with Crippen LogP contribution >= 0.6 is 0 Å². The number of nitrogens with one attached hydrogen (secondary N) is 2. The first-order valence-electron chi connectivity index (χ1n) is 7.29. The number of benzene rings is 1. The molecule has 0 radical (unpaired) electrons. The molecule has 2 aromatic rings. The van der Waals surface area contributed by atoms with Crippen molar-refractivity contribution < 1.29 is 9.53 Å². The average molecular weight is 299 g/mol. The lowest BCUT2D eigenvalue weighted by molar-refractivity contribution is 0.0657. The van der Waals surface area contributed by atoms with Crippen LogP contribution in [0.4, 0.5) is 10.5 Å². The zero-order valence-corrected chi connectivity index (χ0v) is 12.9. The van der Waals surface area contributed by atoms with Crippen LogP contribution in [0.25, 0.3) is 0 Å². The van der Waals surface area contributed by atoms with E-state index in [1.54, 1.807) is 6.20 Å². The molecular formula is C17H21N3O2. The Labute approximate surface area is 130 Å². The number of hydrogen-bond donors (Lipinski definition) is 2. The summed E-state index contributed by atoms with van der Waals surface area (Å²) in [5.74, 6) is 0. The van der Waals surface area contributed by atoms with Gasteiger partial charge in [0.2, 0.25) is 0 Å². The van der Waals surface area contributed by atoms with Gasteiger partial charge in [-0.2, -0.15) is 0 Å². The van der Waals surface area contributed by atoms with Gasteiger partial charge < -0.3 is 15.4 Å². The van der Waals surface area contributed by atoms with Crippen molar-refractivity contribution in [3.05, 3.63) is 59.9 Å². The molecule has 0 saturated carbocycles. The number of pyridine rings is 1. The van der Waals surface area contributed by atoms with Gasteiger partial charge in [0.15, 0.2) is 0 Å². The summed E-state index contributed by atoms with van der Waals surface area (Å²) in [5, 5.41) is 5.58. The SMILES string of the molecule is CC(C)OCc1cccc(NC(=O)NCc2ccccn2)c1. The van der Waals surface area contributed by atoms with E-state index in [1.807, 2.05) is 56.3 Å². The lowest BCUT2D eigenvalue weighted by Gasteiger charge is -2.10. The number of amides is 2. The van der Waals surface area contributed by atoms with Crippen molar-refractivity contribution >= 4 is 11.7 Å². The second-order valence-electron chi connectivity index (χ2n) is 5.19. The van der Waals surface area contributed by atoms with Crippen LogP contribution < -0.4 is 10.6 Å². The summed E-state index contributed by atoms with van der Waals surface area (Å²) >= 11 is 0. The fourth-order valence-electron chi connectivity index (χ4n) is 1.85. The van der Waals surface area contributed by atoms with Crippen molar-refractivity contribution in [1.82, 2.24) is 10.3 Å². The minimum absolute atomic E-state index is 0.179. The first kappa shape index (κ1) is 16.0. The molecule has 2 rings (SSSR count). The Balaban J connectivity index is 1.84. The zero-order valence-electron chi connectivity index (χ0n) is 12.9. The molecule has 0 unspecified atom stereocenters. The number of carbonyl (C=O) groups excluding carboxylic acids is 1. The topological polar surface area (TPSA) is 63.2 Å². The molecule has 2 amide bonds. The second kappa shape index (κ2) is 8.14. The highest BCUT2D eigenvalue weighted by Gasteiger charge is 2.03. The summed E-state index contributed by atoms with van der Waals surface area (Å²) < 4.78 is 5.56. The summed E-state index contributed by atoms with van der Waals surface area (Å²) in [6, 6.07) is 13.0. The maximum absolute atomic E-state index is 11.9. The van der Waals surface area contributed by atoms with Gasteiger partial charge in [-0.05, 0) is 43.7 Å². The van der Waals surface area contributed by atoms with Crippen molar-refractivity contribution in [3.8, 4) is 0 Å². The highest BCUT2D eigenvalue weighted by Crippen LogP contribution is 2.12. The van der Waals surface area contributed by atoms with Gasteiger partial charge in [-0.1, -0.05) is 18.2 Å². The van der Waals surface area contributed by atoms with Crippen LogP contribution in [0.15, 0.2) is 48.7 Å². The number of rotatable bonds is 6. The monoisotopic (exact) mass is 299 g/mol. The molecular weight excluding hydrogens is 278 g/mol. The number of nitrogens with zero attached hydrogens (tertiary/aromatic N) is 1. The third-order valence-electron chi connectivity index (χ3n) is 2.92. The second-order valence-corrected chi connectivity index (χ2v) is 5.19. The minimum Gasteiger partial charge on any atom is -0.374 e. The normalized spacial score (nSPS) is 10.5. The molecule has 0 aliphatic heterocycles. The summed E-state index contributed by atoms with van der Waals surface area (Å²) in [5.41, 5.74) is 2.58. The van der Waals surface area contributed by atoms with Crippen molar-refractivity contribution in [2.75, 3.05) is 5.32 Å². The van der Waals surface area contributed by atoms with E-state index in [0.717, 1.165) is 16.9 Å². The molecule has 22 heavy (non-hydrogen) atoms. The Morgan fingerprint density at radius 1 is 1.23 bits per heavy atom. The van der Waals surface area contributed by atoms with E-state index in [2.05, 4.69) is 15.6 Å². The van der Waals surface area contributed by atoms with Crippen LogP contribution in [0.2, 0.25) is 0 Å². The van der Waals surface area contributed by atoms with Crippen LogP contribution in [0, 0.1) is 0 Å². The molecule has 0 atom stereocenters. The predicted molar refractivity (Wildman–Crippen MR) is 86.5 cm³/mol. The fraction of sp³-hybridized carbons (Fsp3) is 0.294. The number of anilines is 1. The standard InChI is InChI=1S/C17H21N3O2/c1-13(2)22-12-14-6-5-8-15(10-14)20-17(21)19-11-16-7-3-4-9-18-16/h3-10,13H,11-12H2,1-2H3,(H2,19,20,21). The van der Waals surface area contributed by atoms with E-state index in [4.69, 9.17) is 4.74 Å². The summed E-state index contributed by atoms with van der Waals surface area (Å²) in [6.07, 6.45) is 1.88. The van der Waals surface area contributed by atoms with Crippen molar-refractivity contribution in [3.63, 3.8) is 0 Å². The molecule has 0 aliphatic rings. The van der Waals surface area contributed by atoms with Crippen LogP contribution in [0.3, 0.4) is 0 Å². The molecule has 1 aromatic heterocycles. The lowest BCUT2D eigenvalue weighted by atomic mass is 10.2. The Hall–Kier alpha value is -2.40. The van der Waals surface area contributed by atoms with Crippen LogP contribution in [-0.2, 0) is 17.9 Å². The molecule has 5 heteroatoms. The number of ether oxygens (including phenoxy) is 1. The number of hydrogen-bond acceptors (Lipinski definition) is 3. The number of urea groups is 1. The lowest BCUT2D eigenvalue weighted by Crippen LogP contribution is -2.28. The van der Waals surface area contributed by atoms with Gasteiger partial charge in [0.1, 0.15) is 0 Å². The molecule has 1 heterocycles. The molecule has 5 nitrogen and oxygen atoms in total. The highest BCUT2D eigenvalue weighted by molar-refractivity contribution is 5.89. The predicted octanol–water partition coefficient (Wildman–Crippen LogP) is 3.33. The largest absolute Gasteiger partial charge is 0.374 e. The van der Waals surface area contributed by atoms with Gasteiger partial charge in [0.25, 0.3) is 0 Å². The molecule has 0 spiro atoms. The summed E-state index contributed by atoms with van der Waals surface area (Å²) in [7, 11) is 0. The van der Waals surface area contributed by atoms with Crippen LogP contribution in [0.1, 0.15) is 25.1 Å². The van der Waals surface area contributed by atoms with Gasteiger partial charge in [-0.25, -0.2) is 4.79 Å². The molecule has 116 valence electrons. The van der Waals surface area contributed by atoms with Gasteiger partial charge in [0, 0.05) is 11.9 Å². The van der Waals surface area contributed by atoms with E-state index in [1.165, 1.54) is 0 Å². The summed E-state index contributed by atoms with van der Waals surface area (Å²) in [6.45, 7) is 4.91. The maximum atomic E-state index is 11.9. The minimum atomic E-state index is -0.257. The molecule has 0 aliphatic carbocycles. The van der Waals surface area contributed by atoms with Crippen LogP contribution in [0.5, 0.6) is 0 Å². The highest BCUT2D eigenvalue weighted by atomic mass is 16.5. The van der Waals surface area contributed by atoms with Crippen molar-refractivity contribution in [2.24, 2.45) is 0 Å². The zero-order chi connectivity index (χ0) is 15.8. The van der Waals surface area contributed by atoms with Gasteiger partial charge in [0.05, 0.1) is 24.9 Å². The molecule has 0 saturated heterocycles. The third-order valence-corrected chi connectivity index (χ3v) is 2.92. The Kier molecular flexibility index (Phi) is 5.91. The molecule has 1 aromatic carbocycles. The first-order chi connectivity index (χ1) is 10.6. The van der Waals surface area contributed by atoms with Gasteiger partial charge >= 0.3 is 6.03 Å². The van der Waals surface area contributed by atoms with Crippen LogP contribution in [-0.4, -0.2) is 17.1 Å². The van der Waals surface area contributed by atoms with E-state index in [0.29, 0.717) is 13.2 Å². The smallest absolute Gasteiger partial charge is 0.319 e. The van der Waals surface area contributed by atoms with Crippen molar-refractivity contribution in [2.45, 2.75) is 33.1 Å². The molecule has 0 fully saturated rings. The van der Waals surface area contributed by atoms with Gasteiger partial charge in [-0.15, -0.1) is 0 Å². The Bertz CT molecular complexity index is 600. The number of aromatic nitrogens is 1. The Morgan fingerprint density at radius 2 is 2.09 bits per heavy atom. The fourth-order valence-corrected chi connectivity index (χ4v) is 1.85. The molecule has 2 N–H and O–H groups in total. The van der Waals surface area contributed by atoms with E-state index < -0.39 is 0 Å². The maximum Gasteiger partial charge on any atom is 0.319 e. The molecule has 0 bridgehead atoms. The third kappa shape index (κ3) is 5.54. The van der Waals surface area contributed by atoms with E-state index >= 15 is 0 Å². The number of carbonyl (C=O) groups is 1. The average Bonchev–Trinajstić information content (AvgIpc) is 2.52.